The number of hydrogen-bond acceptors (Lipinski definition) is 2. The number of aliphatic carboxylic acids is 1. The summed E-state index contributed by atoms with van der Waals surface area (Å²) in [7, 11) is 0. The minimum atomic E-state index is -4.41. The fourth-order valence-electron chi connectivity index (χ4n) is 1.95. The molecule has 106 valence electrons. The molecule has 19 heavy (non-hydrogen) atoms. The average Bonchev–Trinajstić information content (AvgIpc) is 2.34. The summed E-state index contributed by atoms with van der Waals surface area (Å²) in [6, 6.07) is 3.35. The molecule has 1 atom stereocenters. The first-order valence-electron chi connectivity index (χ1n) is 5.95. The molecule has 0 saturated carbocycles. The fraction of sp³-hybridized carbons (Fsp3) is 0.462. The van der Waals surface area contributed by atoms with Gasteiger partial charge in [-0.2, -0.15) is 13.2 Å². The van der Waals surface area contributed by atoms with Gasteiger partial charge in [-0.15, -0.1) is 0 Å². The highest BCUT2D eigenvalue weighted by atomic mass is 19.4. The van der Waals surface area contributed by atoms with E-state index in [0.717, 1.165) is 12.1 Å². The molecule has 0 fully saturated rings. The Kier molecular flexibility index (Phi) is 4.94. The highest BCUT2D eigenvalue weighted by Gasteiger charge is 2.31. The van der Waals surface area contributed by atoms with Crippen molar-refractivity contribution in [3.8, 4) is 0 Å². The highest BCUT2D eigenvalue weighted by Crippen LogP contribution is 2.30. The smallest absolute Gasteiger partial charge is 0.416 e. The van der Waals surface area contributed by atoms with Crippen LogP contribution in [0.25, 0.3) is 0 Å². The average molecular weight is 275 g/mol. The lowest BCUT2D eigenvalue weighted by Crippen LogP contribution is -2.33. The second-order valence-electron chi connectivity index (χ2n) is 4.08. The lowest BCUT2D eigenvalue weighted by Gasteiger charge is -2.26. The van der Waals surface area contributed by atoms with Crippen molar-refractivity contribution in [3.05, 3.63) is 35.4 Å². The predicted octanol–water partition coefficient (Wildman–Crippen LogP) is 3.17. The topological polar surface area (TPSA) is 40.5 Å². The molecule has 1 aromatic carbocycles. The van der Waals surface area contributed by atoms with Crippen molar-refractivity contribution in [1.29, 1.82) is 0 Å². The second kappa shape index (κ2) is 6.06. The van der Waals surface area contributed by atoms with Gasteiger partial charge in [-0.3, -0.25) is 9.69 Å². The molecule has 0 amide bonds. The van der Waals surface area contributed by atoms with E-state index in [1.165, 1.54) is 12.1 Å². The zero-order valence-electron chi connectivity index (χ0n) is 10.7. The van der Waals surface area contributed by atoms with Crippen molar-refractivity contribution in [2.45, 2.75) is 26.1 Å². The number of nitrogens with zero attached hydrogens (tertiary/aromatic N) is 1. The van der Waals surface area contributed by atoms with Gasteiger partial charge in [-0.1, -0.05) is 26.0 Å². The SMILES string of the molecule is CCN(CC)C(C(=O)O)c1ccc(C(F)(F)F)cc1. The molecule has 1 aromatic rings. The summed E-state index contributed by atoms with van der Waals surface area (Å²) >= 11 is 0. The van der Waals surface area contributed by atoms with Gasteiger partial charge < -0.3 is 5.11 Å². The summed E-state index contributed by atoms with van der Waals surface area (Å²) in [5.41, 5.74) is -0.427. The van der Waals surface area contributed by atoms with Crippen LogP contribution in [0, 0.1) is 0 Å². The molecule has 6 heteroatoms. The summed E-state index contributed by atoms with van der Waals surface area (Å²) in [5, 5.41) is 9.22. The van der Waals surface area contributed by atoms with Crippen molar-refractivity contribution >= 4 is 5.97 Å². The first-order valence-corrected chi connectivity index (χ1v) is 5.95. The molecule has 1 N–H and O–H groups in total. The number of carboxylic acid groups (broad SMARTS) is 1. The van der Waals surface area contributed by atoms with Crippen molar-refractivity contribution in [2.24, 2.45) is 0 Å². The number of benzene rings is 1. The first-order chi connectivity index (χ1) is 8.81. The predicted molar refractivity (Wildman–Crippen MR) is 64.7 cm³/mol. The Labute approximate surface area is 109 Å². The van der Waals surface area contributed by atoms with Crippen molar-refractivity contribution in [2.75, 3.05) is 13.1 Å². The summed E-state index contributed by atoms with van der Waals surface area (Å²) in [6.45, 7) is 4.63. The Bertz CT molecular complexity index is 425. The van der Waals surface area contributed by atoms with E-state index >= 15 is 0 Å². The van der Waals surface area contributed by atoms with Gasteiger partial charge in [0.2, 0.25) is 0 Å². The van der Waals surface area contributed by atoms with Gasteiger partial charge in [-0.05, 0) is 30.8 Å². The van der Waals surface area contributed by atoms with Crippen LogP contribution in [-0.4, -0.2) is 29.1 Å². The molecule has 0 aliphatic heterocycles. The Hall–Kier alpha value is -1.56. The third-order valence-electron chi connectivity index (χ3n) is 2.97. The van der Waals surface area contributed by atoms with Crippen LogP contribution in [0.3, 0.4) is 0 Å². The van der Waals surface area contributed by atoms with Gasteiger partial charge in [0.25, 0.3) is 0 Å². The number of carboxylic acids is 1. The number of rotatable bonds is 5. The minimum absolute atomic E-state index is 0.351. The molecule has 0 heterocycles. The molecule has 3 nitrogen and oxygen atoms in total. The Morgan fingerprint density at radius 3 is 2.00 bits per heavy atom. The zero-order chi connectivity index (χ0) is 14.6. The Balaban J connectivity index is 3.08. The van der Waals surface area contributed by atoms with Crippen molar-refractivity contribution in [1.82, 2.24) is 4.90 Å². The van der Waals surface area contributed by atoms with Crippen LogP contribution in [-0.2, 0) is 11.0 Å². The van der Waals surface area contributed by atoms with Crippen LogP contribution < -0.4 is 0 Å². The monoisotopic (exact) mass is 275 g/mol. The number of alkyl halides is 3. The van der Waals surface area contributed by atoms with Crippen molar-refractivity contribution in [3.63, 3.8) is 0 Å². The van der Waals surface area contributed by atoms with E-state index in [1.54, 1.807) is 4.90 Å². The maximum absolute atomic E-state index is 12.4. The van der Waals surface area contributed by atoms with Crippen LogP contribution in [0.1, 0.15) is 31.0 Å². The van der Waals surface area contributed by atoms with E-state index in [4.69, 9.17) is 0 Å². The molecule has 0 aliphatic rings. The largest absolute Gasteiger partial charge is 0.480 e. The van der Waals surface area contributed by atoms with Gasteiger partial charge in [0.05, 0.1) is 5.56 Å². The Morgan fingerprint density at radius 1 is 1.21 bits per heavy atom. The minimum Gasteiger partial charge on any atom is -0.480 e. The van der Waals surface area contributed by atoms with Gasteiger partial charge in [0.15, 0.2) is 0 Å². The third kappa shape index (κ3) is 3.70. The molecule has 0 aromatic heterocycles. The van der Waals surface area contributed by atoms with Crippen LogP contribution in [0.2, 0.25) is 0 Å². The van der Waals surface area contributed by atoms with Crippen molar-refractivity contribution < 1.29 is 23.1 Å². The molecule has 0 spiro atoms. The molecule has 0 saturated heterocycles. The third-order valence-corrected chi connectivity index (χ3v) is 2.97. The number of likely N-dealkylation sites (N-methyl/N-ethyl adjacent to an activating group) is 1. The molecule has 0 bridgehead atoms. The number of carbonyl (C=O) groups is 1. The summed E-state index contributed by atoms with van der Waals surface area (Å²) in [6.07, 6.45) is -4.41. The van der Waals surface area contributed by atoms with E-state index in [0.29, 0.717) is 18.7 Å². The highest BCUT2D eigenvalue weighted by molar-refractivity contribution is 5.75. The van der Waals surface area contributed by atoms with Gasteiger partial charge in [0, 0.05) is 0 Å². The fourth-order valence-corrected chi connectivity index (χ4v) is 1.95. The molecular formula is C13H16F3NO2. The molecule has 0 aliphatic carbocycles. The van der Waals surface area contributed by atoms with Crippen LogP contribution in [0.15, 0.2) is 24.3 Å². The van der Waals surface area contributed by atoms with E-state index in [2.05, 4.69) is 0 Å². The molecular weight excluding hydrogens is 259 g/mol. The number of hydrogen-bond donors (Lipinski definition) is 1. The zero-order valence-corrected chi connectivity index (χ0v) is 10.7. The second-order valence-corrected chi connectivity index (χ2v) is 4.08. The summed E-state index contributed by atoms with van der Waals surface area (Å²) < 4.78 is 37.3. The van der Waals surface area contributed by atoms with Crippen LogP contribution in [0.5, 0.6) is 0 Å². The summed E-state index contributed by atoms with van der Waals surface area (Å²) in [5.74, 6) is -1.07. The lowest BCUT2D eigenvalue weighted by molar-refractivity contribution is -0.143. The van der Waals surface area contributed by atoms with Crippen LogP contribution in [0.4, 0.5) is 13.2 Å². The number of halogens is 3. The Morgan fingerprint density at radius 2 is 1.68 bits per heavy atom. The van der Waals surface area contributed by atoms with Gasteiger partial charge in [-0.25, -0.2) is 0 Å². The maximum Gasteiger partial charge on any atom is 0.416 e. The van der Waals surface area contributed by atoms with E-state index in [9.17, 15) is 23.1 Å². The van der Waals surface area contributed by atoms with Crippen LogP contribution >= 0.6 is 0 Å². The van der Waals surface area contributed by atoms with E-state index < -0.39 is 23.8 Å². The van der Waals surface area contributed by atoms with Gasteiger partial charge in [0.1, 0.15) is 6.04 Å². The quantitative estimate of drug-likeness (QED) is 0.897. The summed E-state index contributed by atoms with van der Waals surface area (Å²) in [4.78, 5) is 12.9. The molecule has 1 unspecified atom stereocenters. The molecule has 1 rings (SSSR count). The van der Waals surface area contributed by atoms with E-state index in [1.807, 2.05) is 13.8 Å². The maximum atomic E-state index is 12.4. The standard InChI is InChI=1S/C13H16F3NO2/c1-3-17(4-2)11(12(18)19)9-5-7-10(8-6-9)13(14,15)16/h5-8,11H,3-4H2,1-2H3,(H,18,19). The van der Waals surface area contributed by atoms with Gasteiger partial charge >= 0.3 is 12.1 Å². The lowest BCUT2D eigenvalue weighted by atomic mass is 10.0. The molecule has 0 radical (unpaired) electrons. The first kappa shape index (κ1) is 15.5. The van der Waals surface area contributed by atoms with E-state index in [-0.39, 0.29) is 0 Å². The normalized spacial score (nSPS) is 13.6.